The van der Waals surface area contributed by atoms with Crippen LogP contribution >= 0.6 is 0 Å². The summed E-state index contributed by atoms with van der Waals surface area (Å²) in [6.07, 6.45) is 0. The number of hydrogen-bond donors (Lipinski definition) is 0. The van der Waals surface area contributed by atoms with Gasteiger partial charge in [0.15, 0.2) is 0 Å². The molecule has 0 aliphatic carbocycles. The fourth-order valence-corrected chi connectivity index (χ4v) is 8.42. The van der Waals surface area contributed by atoms with E-state index in [0.717, 1.165) is 88.4 Å². The maximum absolute atomic E-state index is 10.1. The van der Waals surface area contributed by atoms with Gasteiger partial charge >= 0.3 is 0 Å². The molecule has 0 saturated heterocycles. The monoisotopic (exact) mass is 711 g/mol. The second-order valence-electron chi connectivity index (χ2n) is 13.8. The molecule has 0 spiro atoms. The number of hydrogen-bond acceptors (Lipinski definition) is 3. The first-order valence-electron chi connectivity index (χ1n) is 18.4. The smallest absolute Gasteiger partial charge is 0.101 e. The maximum atomic E-state index is 10.1. The third-order valence-electron chi connectivity index (χ3n) is 10.8. The Balaban J connectivity index is 1.21. The lowest BCUT2D eigenvalue weighted by Crippen LogP contribution is -1.97. The zero-order chi connectivity index (χ0) is 37.8. The van der Waals surface area contributed by atoms with E-state index in [-0.39, 0.29) is 0 Å². The molecule has 5 heteroatoms. The summed E-state index contributed by atoms with van der Waals surface area (Å²) in [4.78, 5) is 0. The molecule has 0 bridgehead atoms. The first-order chi connectivity index (χ1) is 27.7. The third-order valence-corrected chi connectivity index (χ3v) is 10.8. The average molecular weight is 712 g/mol. The summed E-state index contributed by atoms with van der Waals surface area (Å²) >= 11 is 0. The van der Waals surface area contributed by atoms with Crippen LogP contribution in [0.2, 0.25) is 0 Å². The Hall–Kier alpha value is -8.17. The van der Waals surface area contributed by atoms with Gasteiger partial charge in [-0.05, 0) is 94.5 Å². The minimum atomic E-state index is 0.577. The van der Waals surface area contributed by atoms with Gasteiger partial charge < -0.3 is 9.13 Å². The van der Waals surface area contributed by atoms with Crippen molar-refractivity contribution in [1.29, 1.82) is 15.8 Å². The van der Waals surface area contributed by atoms with Crippen molar-refractivity contribution in [2.75, 3.05) is 0 Å². The normalized spacial score (nSPS) is 11.2. The summed E-state index contributed by atoms with van der Waals surface area (Å²) in [5, 5.41) is 34.0. The topological polar surface area (TPSA) is 81.2 Å². The van der Waals surface area contributed by atoms with E-state index in [0.29, 0.717) is 16.7 Å². The van der Waals surface area contributed by atoms with Crippen molar-refractivity contribution in [3.63, 3.8) is 0 Å². The lowest BCUT2D eigenvalue weighted by atomic mass is 9.88. The van der Waals surface area contributed by atoms with Crippen LogP contribution in [0.5, 0.6) is 0 Å². The molecule has 0 unspecified atom stereocenters. The van der Waals surface area contributed by atoms with Crippen LogP contribution in [0.25, 0.3) is 88.4 Å². The number of para-hydroxylation sites is 3. The van der Waals surface area contributed by atoms with Crippen LogP contribution in [0.4, 0.5) is 0 Å². The Bertz CT molecular complexity index is 3360. The van der Waals surface area contributed by atoms with Gasteiger partial charge in [0.25, 0.3) is 0 Å². The van der Waals surface area contributed by atoms with Gasteiger partial charge in [0.2, 0.25) is 0 Å². The molecule has 0 atom stereocenters. The summed E-state index contributed by atoms with van der Waals surface area (Å²) in [6, 6.07) is 66.7. The van der Waals surface area contributed by atoms with E-state index in [4.69, 9.17) is 0 Å². The van der Waals surface area contributed by atoms with Gasteiger partial charge in [-0.1, -0.05) is 109 Å². The fraction of sp³-hybridized carbons (Fsp3) is 0. The number of rotatable bonds is 5. The number of nitrogens with zero attached hydrogens (tertiary/aromatic N) is 5. The van der Waals surface area contributed by atoms with Gasteiger partial charge in [0, 0.05) is 32.8 Å². The zero-order valence-corrected chi connectivity index (χ0v) is 30.0. The van der Waals surface area contributed by atoms with Crippen molar-refractivity contribution < 1.29 is 0 Å². The van der Waals surface area contributed by atoms with Crippen LogP contribution in [-0.2, 0) is 0 Å². The van der Waals surface area contributed by atoms with Gasteiger partial charge in [-0.2, -0.15) is 15.8 Å². The molecule has 0 aliphatic rings. The van der Waals surface area contributed by atoms with Crippen molar-refractivity contribution in [2.24, 2.45) is 0 Å². The molecule has 10 aromatic rings. The summed E-state index contributed by atoms with van der Waals surface area (Å²) < 4.78 is 4.41. The summed E-state index contributed by atoms with van der Waals surface area (Å²) in [6.45, 7) is 0. The highest BCUT2D eigenvalue weighted by molar-refractivity contribution is 6.15. The van der Waals surface area contributed by atoms with Gasteiger partial charge in [0.1, 0.15) is 6.07 Å². The molecule has 56 heavy (non-hydrogen) atoms. The molecule has 0 aliphatic heterocycles. The summed E-state index contributed by atoms with van der Waals surface area (Å²) in [5.74, 6) is 0. The van der Waals surface area contributed by atoms with Crippen molar-refractivity contribution >= 4 is 43.6 Å². The predicted octanol–water partition coefficient (Wildman–Crippen LogP) is 12.5. The molecule has 0 radical (unpaired) electrons. The standard InChI is InChI=1S/C51H29N5/c52-30-33-11-9-13-37(27-33)55-48-22-8-6-18-42(48)44-20-10-19-43(51(44)55)41-17-5-4-16-40(41)39-15-3-2-14-38(39)35-24-26-50-46(29-35)45-28-34(31-53)23-25-49(45)56(50)47-21-7-1-12-36(47)32-54/h1-29H. The van der Waals surface area contributed by atoms with Crippen molar-refractivity contribution in [3.05, 3.63) is 193 Å². The highest BCUT2D eigenvalue weighted by Gasteiger charge is 2.21. The van der Waals surface area contributed by atoms with E-state index in [9.17, 15) is 15.8 Å². The lowest BCUT2D eigenvalue weighted by molar-refractivity contribution is 1.17. The van der Waals surface area contributed by atoms with Gasteiger partial charge in [-0.3, -0.25) is 0 Å². The number of benzene rings is 8. The quantitative estimate of drug-likeness (QED) is 0.178. The van der Waals surface area contributed by atoms with Crippen LogP contribution in [-0.4, -0.2) is 9.13 Å². The molecule has 2 aromatic heterocycles. The van der Waals surface area contributed by atoms with E-state index >= 15 is 0 Å². The lowest BCUT2D eigenvalue weighted by Gasteiger charge is -2.17. The molecule has 2 heterocycles. The maximum Gasteiger partial charge on any atom is 0.101 e. The second kappa shape index (κ2) is 13.0. The first-order valence-corrected chi connectivity index (χ1v) is 18.4. The van der Waals surface area contributed by atoms with Gasteiger partial charge in [-0.15, -0.1) is 0 Å². The number of aromatic nitrogens is 2. The average Bonchev–Trinajstić information content (AvgIpc) is 3.78. The van der Waals surface area contributed by atoms with Crippen LogP contribution < -0.4 is 0 Å². The van der Waals surface area contributed by atoms with E-state index in [2.05, 4.69) is 143 Å². The SMILES string of the molecule is N#Cc1cccc(-n2c3ccccc3c3cccc(-c4ccccc4-c4ccccc4-c4ccc5c(c4)c4cc(C#N)ccc4n5-c4ccccc4C#N)c32)c1. The summed E-state index contributed by atoms with van der Waals surface area (Å²) in [7, 11) is 0. The molecular formula is C51H29N5. The predicted molar refractivity (Wildman–Crippen MR) is 226 cm³/mol. The van der Waals surface area contributed by atoms with E-state index in [1.54, 1.807) is 0 Å². The Kier molecular flexibility index (Phi) is 7.57. The first kappa shape index (κ1) is 32.5. The summed E-state index contributed by atoms with van der Waals surface area (Å²) in [5.41, 5.74) is 14.0. The Labute approximate surface area is 323 Å². The molecule has 8 aromatic carbocycles. The van der Waals surface area contributed by atoms with E-state index in [1.165, 1.54) is 0 Å². The Morgan fingerprint density at radius 1 is 0.357 bits per heavy atom. The number of fused-ring (bicyclic) bond motifs is 6. The van der Waals surface area contributed by atoms with Crippen molar-refractivity contribution in [2.45, 2.75) is 0 Å². The van der Waals surface area contributed by atoms with E-state index in [1.807, 2.05) is 60.7 Å². The largest absolute Gasteiger partial charge is 0.309 e. The molecule has 0 amide bonds. The third kappa shape index (κ3) is 4.99. The molecular weight excluding hydrogens is 683 g/mol. The van der Waals surface area contributed by atoms with E-state index < -0.39 is 0 Å². The number of nitriles is 3. The minimum absolute atomic E-state index is 0.577. The van der Waals surface area contributed by atoms with Crippen LogP contribution in [0.3, 0.4) is 0 Å². The Morgan fingerprint density at radius 3 is 1.71 bits per heavy atom. The molecule has 258 valence electrons. The highest BCUT2D eigenvalue weighted by Crippen LogP contribution is 2.44. The zero-order valence-electron chi connectivity index (χ0n) is 30.0. The molecule has 10 rings (SSSR count). The highest BCUT2D eigenvalue weighted by atomic mass is 15.0. The molecule has 5 nitrogen and oxygen atoms in total. The van der Waals surface area contributed by atoms with Crippen molar-refractivity contribution in [1.82, 2.24) is 9.13 Å². The minimum Gasteiger partial charge on any atom is -0.309 e. The van der Waals surface area contributed by atoms with Crippen molar-refractivity contribution in [3.8, 4) is 63.0 Å². The molecule has 0 fully saturated rings. The second-order valence-corrected chi connectivity index (χ2v) is 13.8. The Morgan fingerprint density at radius 2 is 0.929 bits per heavy atom. The molecule has 0 N–H and O–H groups in total. The van der Waals surface area contributed by atoms with Crippen LogP contribution in [0.15, 0.2) is 176 Å². The van der Waals surface area contributed by atoms with Crippen LogP contribution in [0.1, 0.15) is 16.7 Å². The fourth-order valence-electron chi connectivity index (χ4n) is 8.42. The van der Waals surface area contributed by atoms with Gasteiger partial charge in [-0.25, -0.2) is 0 Å². The van der Waals surface area contributed by atoms with Gasteiger partial charge in [0.05, 0.1) is 56.6 Å². The van der Waals surface area contributed by atoms with Crippen LogP contribution in [0, 0.1) is 34.0 Å². The molecule has 0 saturated carbocycles.